The van der Waals surface area contributed by atoms with Crippen molar-refractivity contribution in [3.8, 4) is 11.6 Å². The van der Waals surface area contributed by atoms with E-state index in [0.29, 0.717) is 23.2 Å². The summed E-state index contributed by atoms with van der Waals surface area (Å²) >= 11 is 0. The molecule has 0 amide bonds. The maximum Gasteiger partial charge on any atom is 0.280 e. The summed E-state index contributed by atoms with van der Waals surface area (Å²) in [4.78, 5) is 8.58. The predicted octanol–water partition coefficient (Wildman–Crippen LogP) is 2.34. The summed E-state index contributed by atoms with van der Waals surface area (Å²) in [5.41, 5.74) is 6.33. The van der Waals surface area contributed by atoms with Gasteiger partial charge in [-0.05, 0) is 32.1 Å². The van der Waals surface area contributed by atoms with Gasteiger partial charge in [0.2, 0.25) is 0 Å². The van der Waals surface area contributed by atoms with Crippen LogP contribution in [0, 0.1) is 0 Å². The van der Waals surface area contributed by atoms with Gasteiger partial charge in [-0.25, -0.2) is 4.98 Å². The van der Waals surface area contributed by atoms with Crippen LogP contribution in [0.2, 0.25) is 0 Å². The van der Waals surface area contributed by atoms with Gasteiger partial charge >= 0.3 is 0 Å². The molecule has 2 aromatic heterocycles. The summed E-state index contributed by atoms with van der Waals surface area (Å²) < 4.78 is 16.4. The number of rotatable bonds is 3. The molecule has 0 spiro atoms. The summed E-state index contributed by atoms with van der Waals surface area (Å²) in [6, 6.07) is 0. The predicted molar refractivity (Wildman–Crippen MR) is 74.7 cm³/mol. The molecule has 4 rings (SSSR count). The van der Waals surface area contributed by atoms with Gasteiger partial charge < -0.3 is 19.4 Å². The molecule has 0 radical (unpaired) electrons. The van der Waals surface area contributed by atoms with Gasteiger partial charge in [-0.2, -0.15) is 4.98 Å². The van der Waals surface area contributed by atoms with Gasteiger partial charge in [0.1, 0.15) is 6.10 Å². The van der Waals surface area contributed by atoms with E-state index in [2.05, 4.69) is 15.1 Å². The van der Waals surface area contributed by atoms with Crippen LogP contribution in [0.5, 0.6) is 0 Å². The van der Waals surface area contributed by atoms with E-state index >= 15 is 0 Å². The van der Waals surface area contributed by atoms with Crippen LogP contribution in [-0.4, -0.2) is 21.7 Å². The molecule has 0 aromatic carbocycles. The minimum absolute atomic E-state index is 0. The highest BCUT2D eigenvalue weighted by Crippen LogP contribution is 2.39. The zero-order valence-electron chi connectivity index (χ0n) is 11.4. The van der Waals surface area contributed by atoms with Crippen LogP contribution in [0.15, 0.2) is 15.3 Å². The van der Waals surface area contributed by atoms with E-state index in [-0.39, 0.29) is 18.5 Å². The van der Waals surface area contributed by atoms with Crippen LogP contribution >= 0.6 is 12.4 Å². The second-order valence-corrected chi connectivity index (χ2v) is 5.50. The van der Waals surface area contributed by atoms with Crippen molar-refractivity contribution in [1.82, 2.24) is 15.1 Å². The Labute approximate surface area is 127 Å². The summed E-state index contributed by atoms with van der Waals surface area (Å²) in [6.07, 6.45) is 6.14. The smallest absolute Gasteiger partial charge is 0.280 e. The molecule has 1 saturated carbocycles. The molecular formula is C13H17ClN4O3. The molecule has 2 aromatic rings. The molecule has 21 heavy (non-hydrogen) atoms. The summed E-state index contributed by atoms with van der Waals surface area (Å²) in [6.45, 7) is 0.742. The first-order valence-corrected chi connectivity index (χ1v) is 6.95. The monoisotopic (exact) mass is 312 g/mol. The summed E-state index contributed by atoms with van der Waals surface area (Å²) in [5, 5.41) is 4.00. The Morgan fingerprint density at radius 3 is 2.81 bits per heavy atom. The highest BCUT2D eigenvalue weighted by Gasteiger charge is 2.39. The standard InChI is InChI=1S/C13H16N4O3.ClH/c14-13(4-2-5-13)12-16-11(20-17-12)9-10(19-7-15-9)8-3-1-6-18-8;/h7-8H,1-6,14H2;1H. The molecule has 2 fully saturated rings. The highest BCUT2D eigenvalue weighted by atomic mass is 35.5. The molecular weight excluding hydrogens is 296 g/mol. The largest absolute Gasteiger partial charge is 0.445 e. The SMILES string of the molecule is Cl.NC1(c2noc(-c3ncoc3C3CCCO3)n2)CCC1. The Bertz CT molecular complexity index is 616. The molecule has 1 atom stereocenters. The normalized spacial score (nSPS) is 23.6. The maximum absolute atomic E-state index is 6.20. The minimum atomic E-state index is -0.435. The fourth-order valence-electron chi connectivity index (χ4n) is 2.73. The molecule has 114 valence electrons. The maximum atomic E-state index is 6.20. The third-order valence-corrected chi connectivity index (χ3v) is 4.14. The Kier molecular flexibility index (Phi) is 3.73. The van der Waals surface area contributed by atoms with Crippen molar-refractivity contribution in [2.45, 2.75) is 43.7 Å². The molecule has 1 saturated heterocycles. The zero-order valence-corrected chi connectivity index (χ0v) is 12.3. The molecule has 1 aliphatic heterocycles. The van der Waals surface area contributed by atoms with Gasteiger partial charge in [-0.1, -0.05) is 5.16 Å². The van der Waals surface area contributed by atoms with Gasteiger partial charge in [0.25, 0.3) is 5.89 Å². The van der Waals surface area contributed by atoms with Gasteiger partial charge in [0.15, 0.2) is 23.7 Å². The van der Waals surface area contributed by atoms with E-state index in [9.17, 15) is 0 Å². The zero-order chi connectivity index (χ0) is 13.6. The van der Waals surface area contributed by atoms with E-state index in [1.807, 2.05) is 0 Å². The van der Waals surface area contributed by atoms with E-state index in [4.69, 9.17) is 19.4 Å². The molecule has 2 aliphatic rings. The molecule has 0 bridgehead atoms. The van der Waals surface area contributed by atoms with Crippen LogP contribution in [0.4, 0.5) is 0 Å². The Morgan fingerprint density at radius 2 is 2.14 bits per heavy atom. The number of oxazole rings is 1. The average molecular weight is 313 g/mol. The number of nitrogens with zero attached hydrogens (tertiary/aromatic N) is 3. The lowest BCUT2D eigenvalue weighted by molar-refractivity contribution is 0.0939. The van der Waals surface area contributed by atoms with E-state index in [0.717, 1.165) is 38.7 Å². The van der Waals surface area contributed by atoms with Gasteiger partial charge in [-0.15, -0.1) is 12.4 Å². The lowest BCUT2D eigenvalue weighted by Crippen LogP contribution is -2.44. The van der Waals surface area contributed by atoms with Crippen molar-refractivity contribution in [3.63, 3.8) is 0 Å². The second-order valence-electron chi connectivity index (χ2n) is 5.50. The van der Waals surface area contributed by atoms with Gasteiger partial charge in [0, 0.05) is 6.61 Å². The number of hydrogen-bond donors (Lipinski definition) is 1. The lowest BCUT2D eigenvalue weighted by atomic mass is 9.77. The first kappa shape index (κ1) is 14.5. The third-order valence-electron chi connectivity index (χ3n) is 4.14. The van der Waals surface area contributed by atoms with Crippen LogP contribution < -0.4 is 5.73 Å². The summed E-state index contributed by atoms with van der Waals surface area (Å²) in [7, 11) is 0. The first-order chi connectivity index (χ1) is 9.76. The van der Waals surface area contributed by atoms with Crippen molar-refractivity contribution in [2.24, 2.45) is 5.73 Å². The molecule has 1 unspecified atom stereocenters. The lowest BCUT2D eigenvalue weighted by Gasteiger charge is -2.34. The van der Waals surface area contributed by atoms with Crippen LogP contribution in [0.1, 0.15) is 49.8 Å². The first-order valence-electron chi connectivity index (χ1n) is 6.95. The molecule has 8 heteroatoms. The Hall–Kier alpha value is -1.44. The second kappa shape index (κ2) is 5.40. The van der Waals surface area contributed by atoms with E-state index in [1.165, 1.54) is 6.39 Å². The van der Waals surface area contributed by atoms with Gasteiger partial charge in [0.05, 0.1) is 5.54 Å². The van der Waals surface area contributed by atoms with Crippen LogP contribution in [-0.2, 0) is 10.3 Å². The number of halogens is 1. The topological polar surface area (TPSA) is 100 Å². The number of hydrogen-bond acceptors (Lipinski definition) is 7. The average Bonchev–Trinajstić information content (AvgIpc) is 3.13. The summed E-state index contributed by atoms with van der Waals surface area (Å²) in [5.74, 6) is 1.58. The Balaban J connectivity index is 0.00000132. The van der Waals surface area contributed by atoms with Crippen molar-refractivity contribution in [2.75, 3.05) is 6.61 Å². The van der Waals surface area contributed by atoms with E-state index < -0.39 is 5.54 Å². The molecule has 1 aliphatic carbocycles. The van der Waals surface area contributed by atoms with Gasteiger partial charge in [-0.3, -0.25) is 0 Å². The number of ether oxygens (including phenoxy) is 1. The molecule has 2 N–H and O–H groups in total. The van der Waals surface area contributed by atoms with Crippen molar-refractivity contribution < 1.29 is 13.7 Å². The van der Waals surface area contributed by atoms with Crippen LogP contribution in [0.25, 0.3) is 11.6 Å². The van der Waals surface area contributed by atoms with Crippen LogP contribution in [0.3, 0.4) is 0 Å². The highest BCUT2D eigenvalue weighted by molar-refractivity contribution is 5.85. The fraction of sp³-hybridized carbons (Fsp3) is 0.615. The Morgan fingerprint density at radius 1 is 1.29 bits per heavy atom. The fourth-order valence-corrected chi connectivity index (χ4v) is 2.73. The quantitative estimate of drug-likeness (QED) is 0.928. The third kappa shape index (κ3) is 2.35. The molecule has 7 nitrogen and oxygen atoms in total. The number of aromatic nitrogens is 3. The number of nitrogens with two attached hydrogens (primary N) is 1. The minimum Gasteiger partial charge on any atom is -0.445 e. The van der Waals surface area contributed by atoms with Crippen molar-refractivity contribution in [1.29, 1.82) is 0 Å². The van der Waals surface area contributed by atoms with E-state index in [1.54, 1.807) is 0 Å². The molecule has 3 heterocycles. The van der Waals surface area contributed by atoms with Crippen molar-refractivity contribution >= 4 is 12.4 Å². The van der Waals surface area contributed by atoms with Crippen molar-refractivity contribution in [3.05, 3.63) is 18.0 Å².